The number of thiazole rings is 1. The van der Waals surface area contributed by atoms with Crippen LogP contribution in [0.25, 0.3) is 0 Å². The Morgan fingerprint density at radius 2 is 1.90 bits per heavy atom. The summed E-state index contributed by atoms with van der Waals surface area (Å²) in [6.07, 6.45) is 0. The molecule has 1 rings (SSSR count). The number of nitrogens with zero attached hydrogens (tertiary/aromatic N) is 1. The Kier molecular flexibility index (Phi) is 4.75. The van der Waals surface area contributed by atoms with Crippen LogP contribution in [-0.4, -0.2) is 27.6 Å². The molecule has 0 saturated heterocycles. The minimum absolute atomic E-state index is 0.0255. The van der Waals surface area contributed by atoms with E-state index in [1.54, 1.807) is 0 Å². The van der Waals surface area contributed by atoms with E-state index in [2.05, 4.69) is 36.4 Å². The van der Waals surface area contributed by atoms with Crippen molar-refractivity contribution in [1.82, 2.24) is 15.6 Å². The SMILES string of the molecule is CC(C)(NC(=O)NCc1nc(C(C)(C)C)cs1)C(=O)O. The number of aromatic nitrogens is 1. The molecule has 6 nitrogen and oxygen atoms in total. The van der Waals surface area contributed by atoms with Crippen LogP contribution >= 0.6 is 11.3 Å². The highest BCUT2D eigenvalue weighted by molar-refractivity contribution is 7.09. The molecular weight excluding hydrogens is 278 g/mol. The normalized spacial score (nSPS) is 12.1. The van der Waals surface area contributed by atoms with Crippen LogP contribution in [0.5, 0.6) is 0 Å². The van der Waals surface area contributed by atoms with Crippen molar-refractivity contribution < 1.29 is 14.7 Å². The molecule has 20 heavy (non-hydrogen) atoms. The minimum atomic E-state index is -1.30. The lowest BCUT2D eigenvalue weighted by Gasteiger charge is -2.20. The van der Waals surface area contributed by atoms with Crippen LogP contribution in [0, 0.1) is 0 Å². The average Bonchev–Trinajstić information content (AvgIpc) is 2.73. The fourth-order valence-corrected chi connectivity index (χ4v) is 2.23. The summed E-state index contributed by atoms with van der Waals surface area (Å²) in [6, 6.07) is -0.523. The van der Waals surface area contributed by atoms with Crippen molar-refractivity contribution in [3.63, 3.8) is 0 Å². The summed E-state index contributed by atoms with van der Waals surface area (Å²) in [5.41, 5.74) is -0.350. The van der Waals surface area contributed by atoms with Crippen molar-refractivity contribution in [3.8, 4) is 0 Å². The third-order valence-electron chi connectivity index (χ3n) is 2.68. The summed E-state index contributed by atoms with van der Waals surface area (Å²) in [4.78, 5) is 27.0. The van der Waals surface area contributed by atoms with Crippen LogP contribution < -0.4 is 10.6 Å². The van der Waals surface area contributed by atoms with E-state index in [4.69, 9.17) is 5.11 Å². The molecule has 0 radical (unpaired) electrons. The summed E-state index contributed by atoms with van der Waals surface area (Å²) < 4.78 is 0. The molecule has 0 aliphatic rings. The van der Waals surface area contributed by atoms with Gasteiger partial charge in [0, 0.05) is 10.8 Å². The summed E-state index contributed by atoms with van der Waals surface area (Å²) in [6.45, 7) is 9.35. The fraction of sp³-hybridized carbons (Fsp3) is 0.615. The van der Waals surface area contributed by atoms with E-state index in [0.29, 0.717) is 0 Å². The monoisotopic (exact) mass is 299 g/mol. The number of hydrogen-bond donors (Lipinski definition) is 3. The zero-order valence-electron chi connectivity index (χ0n) is 12.4. The maximum atomic E-state index is 11.6. The first-order chi connectivity index (χ1) is 9.02. The topological polar surface area (TPSA) is 91.3 Å². The number of amides is 2. The van der Waals surface area contributed by atoms with Crippen LogP contribution in [0.2, 0.25) is 0 Å². The number of carboxylic acids is 1. The number of carbonyl (C=O) groups is 2. The van der Waals surface area contributed by atoms with Crippen molar-refractivity contribution in [2.45, 2.75) is 52.1 Å². The average molecular weight is 299 g/mol. The Bertz CT molecular complexity index is 503. The van der Waals surface area contributed by atoms with Gasteiger partial charge in [0.1, 0.15) is 10.5 Å². The van der Waals surface area contributed by atoms with E-state index in [-0.39, 0.29) is 12.0 Å². The minimum Gasteiger partial charge on any atom is -0.480 e. The Morgan fingerprint density at radius 3 is 2.35 bits per heavy atom. The maximum Gasteiger partial charge on any atom is 0.328 e. The molecule has 1 aromatic heterocycles. The van der Waals surface area contributed by atoms with E-state index >= 15 is 0 Å². The number of carbonyl (C=O) groups excluding carboxylic acids is 1. The predicted octanol–water partition coefficient (Wildman–Crippen LogP) is 2.10. The van der Waals surface area contributed by atoms with Crippen LogP contribution in [0.1, 0.15) is 45.3 Å². The quantitative estimate of drug-likeness (QED) is 0.794. The van der Waals surface area contributed by atoms with Gasteiger partial charge in [-0.05, 0) is 13.8 Å². The molecule has 2 amide bonds. The van der Waals surface area contributed by atoms with Crippen molar-refractivity contribution in [3.05, 3.63) is 16.1 Å². The Balaban J connectivity index is 2.54. The van der Waals surface area contributed by atoms with E-state index in [9.17, 15) is 9.59 Å². The molecule has 7 heteroatoms. The van der Waals surface area contributed by atoms with Crippen LogP contribution in [0.15, 0.2) is 5.38 Å². The van der Waals surface area contributed by atoms with Gasteiger partial charge in [-0.15, -0.1) is 11.3 Å². The number of rotatable bonds is 4. The van der Waals surface area contributed by atoms with Crippen molar-refractivity contribution in [2.75, 3.05) is 0 Å². The molecule has 0 aliphatic heterocycles. The Labute approximate surface area is 122 Å². The van der Waals surface area contributed by atoms with Crippen molar-refractivity contribution in [2.24, 2.45) is 0 Å². The molecule has 0 unspecified atom stereocenters. The number of urea groups is 1. The van der Waals surface area contributed by atoms with Gasteiger partial charge in [0.2, 0.25) is 0 Å². The lowest BCUT2D eigenvalue weighted by atomic mass is 9.93. The van der Waals surface area contributed by atoms with Gasteiger partial charge < -0.3 is 15.7 Å². The lowest BCUT2D eigenvalue weighted by molar-refractivity contribution is -0.142. The van der Waals surface area contributed by atoms with Gasteiger partial charge in [0.15, 0.2) is 0 Å². The first kappa shape index (κ1) is 16.4. The molecule has 0 aromatic carbocycles. The smallest absolute Gasteiger partial charge is 0.328 e. The van der Waals surface area contributed by atoms with Crippen molar-refractivity contribution >= 4 is 23.3 Å². The maximum absolute atomic E-state index is 11.6. The highest BCUT2D eigenvalue weighted by Gasteiger charge is 2.28. The van der Waals surface area contributed by atoms with E-state index in [1.165, 1.54) is 25.2 Å². The molecule has 0 atom stereocenters. The first-order valence-corrected chi connectivity index (χ1v) is 7.14. The van der Waals surface area contributed by atoms with Gasteiger partial charge in [-0.1, -0.05) is 20.8 Å². The van der Waals surface area contributed by atoms with Gasteiger partial charge in [-0.2, -0.15) is 0 Å². The van der Waals surface area contributed by atoms with Gasteiger partial charge in [0.05, 0.1) is 12.2 Å². The second-order valence-corrected chi connectivity index (χ2v) is 7.06. The Hall–Kier alpha value is -1.63. The number of nitrogens with one attached hydrogen (secondary N) is 2. The summed E-state index contributed by atoms with van der Waals surface area (Å²) in [7, 11) is 0. The molecule has 1 aromatic rings. The lowest BCUT2D eigenvalue weighted by Crippen LogP contribution is -2.52. The predicted molar refractivity (Wildman–Crippen MR) is 77.9 cm³/mol. The molecule has 0 fully saturated rings. The third kappa shape index (κ3) is 4.48. The largest absolute Gasteiger partial charge is 0.480 e. The zero-order chi connectivity index (χ0) is 15.6. The Morgan fingerprint density at radius 1 is 1.30 bits per heavy atom. The second-order valence-electron chi connectivity index (χ2n) is 6.11. The zero-order valence-corrected chi connectivity index (χ0v) is 13.2. The number of aliphatic carboxylic acids is 1. The molecule has 0 spiro atoms. The molecule has 0 saturated carbocycles. The standard InChI is InChI=1S/C13H21N3O3S/c1-12(2,3)8-7-20-9(15-8)6-14-11(19)16-13(4,5)10(17)18/h7H,6H2,1-5H3,(H,17,18)(H2,14,16,19). The number of carboxylic acid groups (broad SMARTS) is 1. The third-order valence-corrected chi connectivity index (χ3v) is 3.53. The second kappa shape index (κ2) is 5.78. The number of hydrogen-bond acceptors (Lipinski definition) is 4. The van der Waals surface area contributed by atoms with Crippen LogP contribution in [0.3, 0.4) is 0 Å². The molecule has 3 N–H and O–H groups in total. The van der Waals surface area contributed by atoms with Gasteiger partial charge in [-0.3, -0.25) is 0 Å². The highest BCUT2D eigenvalue weighted by Crippen LogP contribution is 2.23. The molecule has 112 valence electrons. The van der Waals surface area contributed by atoms with Crippen LogP contribution in [-0.2, 0) is 16.8 Å². The van der Waals surface area contributed by atoms with Gasteiger partial charge in [-0.25, -0.2) is 14.6 Å². The summed E-state index contributed by atoms with van der Waals surface area (Å²) in [5, 5.41) is 16.7. The van der Waals surface area contributed by atoms with Gasteiger partial charge >= 0.3 is 12.0 Å². The first-order valence-electron chi connectivity index (χ1n) is 6.26. The van der Waals surface area contributed by atoms with E-state index in [1.807, 2.05) is 5.38 Å². The van der Waals surface area contributed by atoms with Crippen molar-refractivity contribution in [1.29, 1.82) is 0 Å². The highest BCUT2D eigenvalue weighted by atomic mass is 32.1. The molecule has 1 heterocycles. The summed E-state index contributed by atoms with van der Waals surface area (Å²) in [5.74, 6) is -1.09. The molecular formula is C13H21N3O3S. The van der Waals surface area contributed by atoms with Crippen LogP contribution in [0.4, 0.5) is 4.79 Å². The van der Waals surface area contributed by atoms with E-state index in [0.717, 1.165) is 10.7 Å². The van der Waals surface area contributed by atoms with E-state index < -0.39 is 17.5 Å². The van der Waals surface area contributed by atoms with Gasteiger partial charge in [0.25, 0.3) is 0 Å². The fourth-order valence-electron chi connectivity index (χ4n) is 1.27. The molecule has 0 aliphatic carbocycles. The molecule has 0 bridgehead atoms. The summed E-state index contributed by atoms with van der Waals surface area (Å²) >= 11 is 1.47.